The van der Waals surface area contributed by atoms with Crippen molar-refractivity contribution in [1.29, 1.82) is 0 Å². The fourth-order valence-electron chi connectivity index (χ4n) is 4.32. The van der Waals surface area contributed by atoms with Gasteiger partial charge in [0, 0.05) is 71.0 Å². The Kier molecular flexibility index (Phi) is 7.85. The van der Waals surface area contributed by atoms with Gasteiger partial charge in [0.15, 0.2) is 11.6 Å². The molecule has 2 aliphatic rings. The SMILES string of the molecule is NC=C(C=Nc1ccccc1F)CN1CCN(c2nccnc2N2CCC(CO)CC2)CC1. The quantitative estimate of drug-likeness (QED) is 0.621. The largest absolute Gasteiger partial charge is 0.404 e. The normalized spacial score (nSPS) is 18.9. The van der Waals surface area contributed by atoms with E-state index >= 15 is 0 Å². The molecule has 0 aliphatic carbocycles. The first kappa shape index (κ1) is 23.1. The lowest BCUT2D eigenvalue weighted by molar-refractivity contribution is 0.202. The predicted molar refractivity (Wildman–Crippen MR) is 130 cm³/mol. The van der Waals surface area contributed by atoms with Gasteiger partial charge in [-0.2, -0.15) is 0 Å². The van der Waals surface area contributed by atoms with E-state index in [9.17, 15) is 9.50 Å². The van der Waals surface area contributed by atoms with Crippen molar-refractivity contribution in [3.63, 3.8) is 0 Å². The van der Waals surface area contributed by atoms with Gasteiger partial charge in [0.1, 0.15) is 5.82 Å². The second kappa shape index (κ2) is 11.2. The van der Waals surface area contributed by atoms with Gasteiger partial charge in [-0.3, -0.25) is 9.89 Å². The molecule has 1 aromatic carbocycles. The number of piperidine rings is 1. The molecule has 4 rings (SSSR count). The number of hydrogen-bond acceptors (Lipinski definition) is 8. The highest BCUT2D eigenvalue weighted by molar-refractivity contribution is 5.81. The minimum absolute atomic E-state index is 0.257. The molecule has 0 radical (unpaired) electrons. The van der Waals surface area contributed by atoms with Crippen LogP contribution in [0.25, 0.3) is 0 Å². The van der Waals surface area contributed by atoms with Crippen molar-refractivity contribution in [3.8, 4) is 0 Å². The summed E-state index contributed by atoms with van der Waals surface area (Å²) in [4.78, 5) is 20.4. The van der Waals surface area contributed by atoms with Crippen LogP contribution in [-0.2, 0) is 0 Å². The molecule has 33 heavy (non-hydrogen) atoms. The molecule has 1 aromatic heterocycles. The molecule has 176 valence electrons. The number of aromatic nitrogens is 2. The monoisotopic (exact) mass is 453 g/mol. The molecule has 0 unspecified atom stereocenters. The van der Waals surface area contributed by atoms with Gasteiger partial charge in [0.2, 0.25) is 0 Å². The number of nitrogens with two attached hydrogens (primary N) is 1. The first-order chi connectivity index (χ1) is 16.2. The number of anilines is 2. The second-order valence-corrected chi connectivity index (χ2v) is 8.53. The molecule has 0 spiro atoms. The summed E-state index contributed by atoms with van der Waals surface area (Å²) in [6, 6.07) is 6.44. The lowest BCUT2D eigenvalue weighted by Crippen LogP contribution is -2.48. The number of benzene rings is 1. The Labute approximate surface area is 194 Å². The molecule has 2 aromatic rings. The summed E-state index contributed by atoms with van der Waals surface area (Å²) in [7, 11) is 0. The van der Waals surface area contributed by atoms with E-state index in [2.05, 4.69) is 29.7 Å². The van der Waals surface area contributed by atoms with Gasteiger partial charge in [-0.15, -0.1) is 0 Å². The summed E-state index contributed by atoms with van der Waals surface area (Å²) >= 11 is 0. The Hall–Kier alpha value is -3.04. The van der Waals surface area contributed by atoms with Crippen LogP contribution < -0.4 is 15.5 Å². The van der Waals surface area contributed by atoms with Crippen molar-refractivity contribution >= 4 is 23.5 Å². The molecule has 0 saturated carbocycles. The molecular weight excluding hydrogens is 421 g/mol. The van der Waals surface area contributed by atoms with Gasteiger partial charge < -0.3 is 20.6 Å². The summed E-state index contributed by atoms with van der Waals surface area (Å²) in [6.45, 7) is 6.08. The molecule has 2 aliphatic heterocycles. The summed E-state index contributed by atoms with van der Waals surface area (Å²) < 4.78 is 13.8. The fourth-order valence-corrected chi connectivity index (χ4v) is 4.32. The number of piperazine rings is 1. The zero-order valence-corrected chi connectivity index (χ0v) is 18.9. The standard InChI is InChI=1S/C24H32FN7O/c25-21-3-1-2-4-22(21)29-16-20(15-26)17-30-11-13-32(14-12-30)24-23(27-7-8-28-24)31-9-5-19(18-33)6-10-31/h1-4,7-8,15-16,19,33H,5-6,9-14,17-18,26H2. The Balaban J connectivity index is 1.34. The third kappa shape index (κ3) is 5.85. The number of rotatable bonds is 7. The average Bonchev–Trinajstić information content (AvgIpc) is 2.88. The zero-order valence-electron chi connectivity index (χ0n) is 18.9. The minimum Gasteiger partial charge on any atom is -0.404 e. The molecule has 3 heterocycles. The van der Waals surface area contributed by atoms with E-state index in [1.165, 1.54) is 12.3 Å². The summed E-state index contributed by atoms with van der Waals surface area (Å²) in [5.41, 5.74) is 6.96. The van der Waals surface area contributed by atoms with Crippen molar-refractivity contribution in [1.82, 2.24) is 14.9 Å². The van der Waals surface area contributed by atoms with E-state index in [0.717, 1.165) is 69.3 Å². The highest BCUT2D eigenvalue weighted by Gasteiger charge is 2.26. The fraction of sp³-hybridized carbons (Fsp3) is 0.458. The highest BCUT2D eigenvalue weighted by atomic mass is 19.1. The number of hydrogen-bond donors (Lipinski definition) is 2. The van der Waals surface area contributed by atoms with E-state index in [1.54, 1.807) is 36.8 Å². The third-order valence-electron chi connectivity index (χ3n) is 6.35. The van der Waals surface area contributed by atoms with Crippen LogP contribution in [0.15, 0.2) is 53.4 Å². The zero-order chi connectivity index (χ0) is 23.0. The summed E-state index contributed by atoms with van der Waals surface area (Å²) in [5.74, 6) is 1.90. The molecule has 0 bridgehead atoms. The number of aliphatic hydroxyl groups excluding tert-OH is 1. The van der Waals surface area contributed by atoms with Crippen molar-refractivity contribution in [3.05, 3.63) is 54.2 Å². The molecule has 3 N–H and O–H groups in total. The first-order valence-electron chi connectivity index (χ1n) is 11.5. The number of halogens is 1. The van der Waals surface area contributed by atoms with E-state index < -0.39 is 0 Å². The lowest BCUT2D eigenvalue weighted by atomic mass is 9.98. The molecule has 8 nitrogen and oxygen atoms in total. The first-order valence-corrected chi connectivity index (χ1v) is 11.5. The molecule has 0 amide bonds. The van der Waals surface area contributed by atoms with Crippen molar-refractivity contribution in [2.75, 3.05) is 62.2 Å². The van der Waals surface area contributed by atoms with Gasteiger partial charge in [0.05, 0.1) is 5.69 Å². The smallest absolute Gasteiger partial charge is 0.172 e. The van der Waals surface area contributed by atoms with Gasteiger partial charge in [-0.25, -0.2) is 14.4 Å². The number of para-hydroxylation sites is 1. The maximum Gasteiger partial charge on any atom is 0.172 e. The van der Waals surface area contributed by atoms with Gasteiger partial charge in [-0.05, 0) is 42.7 Å². The van der Waals surface area contributed by atoms with Crippen LogP contribution in [0.3, 0.4) is 0 Å². The minimum atomic E-state index is -0.348. The molecule has 2 fully saturated rings. The van der Waals surface area contributed by atoms with E-state index in [1.807, 2.05) is 0 Å². The van der Waals surface area contributed by atoms with Crippen LogP contribution >= 0.6 is 0 Å². The maximum atomic E-state index is 13.8. The molecule has 2 saturated heterocycles. The number of nitrogens with zero attached hydrogens (tertiary/aromatic N) is 6. The van der Waals surface area contributed by atoms with Crippen LogP contribution in [0.2, 0.25) is 0 Å². The number of aliphatic imine (C=N–C) groups is 1. The Morgan fingerprint density at radius 1 is 1.03 bits per heavy atom. The van der Waals surface area contributed by atoms with Crippen LogP contribution in [0.5, 0.6) is 0 Å². The predicted octanol–water partition coefficient (Wildman–Crippen LogP) is 2.19. The van der Waals surface area contributed by atoms with Crippen LogP contribution in [0.4, 0.5) is 21.7 Å². The van der Waals surface area contributed by atoms with Crippen molar-refractivity contribution < 1.29 is 9.50 Å². The summed E-state index contributed by atoms with van der Waals surface area (Å²) in [6.07, 6.45) is 8.63. The van der Waals surface area contributed by atoms with E-state index in [0.29, 0.717) is 18.2 Å². The average molecular weight is 454 g/mol. The Morgan fingerprint density at radius 2 is 1.67 bits per heavy atom. The Bertz CT molecular complexity index is 967. The lowest BCUT2D eigenvalue weighted by Gasteiger charge is -2.38. The van der Waals surface area contributed by atoms with Gasteiger partial charge in [-0.1, -0.05) is 12.1 Å². The summed E-state index contributed by atoms with van der Waals surface area (Å²) in [5, 5.41) is 9.42. The maximum absolute atomic E-state index is 13.8. The second-order valence-electron chi connectivity index (χ2n) is 8.53. The van der Waals surface area contributed by atoms with Gasteiger partial charge in [0.25, 0.3) is 0 Å². The molecule has 9 heteroatoms. The molecular formula is C24H32FN7O. The van der Waals surface area contributed by atoms with Crippen molar-refractivity contribution in [2.24, 2.45) is 16.6 Å². The Morgan fingerprint density at radius 3 is 2.27 bits per heavy atom. The van der Waals surface area contributed by atoms with Crippen molar-refractivity contribution in [2.45, 2.75) is 12.8 Å². The topological polar surface area (TPSA) is 94.1 Å². The van der Waals surface area contributed by atoms with E-state index in [4.69, 9.17) is 5.73 Å². The van der Waals surface area contributed by atoms with E-state index in [-0.39, 0.29) is 12.4 Å². The third-order valence-corrected chi connectivity index (χ3v) is 6.35. The molecule has 0 atom stereocenters. The van der Waals surface area contributed by atoms with Crippen LogP contribution in [-0.4, -0.2) is 78.6 Å². The highest BCUT2D eigenvalue weighted by Crippen LogP contribution is 2.29. The van der Waals surface area contributed by atoms with Crippen LogP contribution in [0, 0.1) is 11.7 Å². The number of aliphatic hydroxyl groups is 1. The van der Waals surface area contributed by atoms with Gasteiger partial charge >= 0.3 is 0 Å². The van der Waals surface area contributed by atoms with Crippen LogP contribution in [0.1, 0.15) is 12.8 Å².